The maximum atomic E-state index is 11.1. The summed E-state index contributed by atoms with van der Waals surface area (Å²) in [4.78, 5) is 20.5. The van der Waals surface area contributed by atoms with Crippen molar-refractivity contribution in [2.45, 2.75) is 32.2 Å². The average Bonchev–Trinajstić information content (AvgIpc) is 3.10. The second kappa shape index (κ2) is 7.13. The second-order valence-electron chi connectivity index (χ2n) is 7.43. The van der Waals surface area contributed by atoms with E-state index >= 15 is 0 Å². The van der Waals surface area contributed by atoms with Gasteiger partial charge >= 0.3 is 0 Å². The Morgan fingerprint density at radius 2 is 1.76 bits per heavy atom. The van der Waals surface area contributed by atoms with E-state index in [0.29, 0.717) is 23.2 Å². The molecule has 0 aliphatic heterocycles. The van der Waals surface area contributed by atoms with Crippen molar-refractivity contribution in [3.63, 3.8) is 0 Å². The summed E-state index contributed by atoms with van der Waals surface area (Å²) in [6, 6.07) is 18.2. The van der Waals surface area contributed by atoms with Gasteiger partial charge in [-0.05, 0) is 31.7 Å². The van der Waals surface area contributed by atoms with Crippen LogP contribution in [0, 0.1) is 6.92 Å². The average molecular weight is 383 g/mol. The summed E-state index contributed by atoms with van der Waals surface area (Å²) < 4.78 is 1.82. The first-order valence-corrected chi connectivity index (χ1v) is 9.88. The molecule has 0 spiro atoms. The molecule has 0 unspecified atom stereocenters. The molecule has 4 aromatic rings. The normalized spacial score (nSPS) is 14.0. The number of fused-ring (bicyclic) bond motifs is 1. The minimum Gasteiger partial charge on any atom is -0.367 e. The van der Waals surface area contributed by atoms with Crippen molar-refractivity contribution >= 4 is 17.9 Å². The maximum Gasteiger partial charge on any atom is 0.254 e. The molecule has 1 fully saturated rings. The topological polar surface area (TPSA) is 72.2 Å². The number of rotatable bonds is 5. The lowest BCUT2D eigenvalue weighted by Gasteiger charge is -2.29. The van der Waals surface area contributed by atoms with Crippen LogP contribution in [0.4, 0.5) is 5.82 Å². The van der Waals surface area contributed by atoms with E-state index in [2.05, 4.69) is 27.5 Å². The Hall–Kier alpha value is -3.54. The SMILES string of the molecule is Cc1nc2nc(-c3ccc(C=O)cc3)c(-c3ccccc3)c(NC3CCC3)n2n1. The van der Waals surface area contributed by atoms with Gasteiger partial charge in [-0.25, -0.2) is 4.98 Å². The molecule has 0 bridgehead atoms. The van der Waals surface area contributed by atoms with Gasteiger partial charge in [0, 0.05) is 17.2 Å². The number of anilines is 1. The van der Waals surface area contributed by atoms with Crippen molar-refractivity contribution in [3.8, 4) is 22.4 Å². The molecule has 0 atom stereocenters. The lowest BCUT2D eigenvalue weighted by Crippen LogP contribution is -2.28. The minimum absolute atomic E-state index is 0.429. The summed E-state index contributed by atoms with van der Waals surface area (Å²) in [7, 11) is 0. The fraction of sp³-hybridized carbons (Fsp3) is 0.217. The molecular formula is C23H21N5O. The summed E-state index contributed by atoms with van der Waals surface area (Å²) in [6.45, 7) is 1.88. The van der Waals surface area contributed by atoms with E-state index in [1.165, 1.54) is 6.42 Å². The number of aldehydes is 1. The summed E-state index contributed by atoms with van der Waals surface area (Å²) in [5, 5.41) is 8.31. The van der Waals surface area contributed by atoms with Crippen molar-refractivity contribution in [1.82, 2.24) is 19.6 Å². The van der Waals surface area contributed by atoms with Crippen molar-refractivity contribution < 1.29 is 4.79 Å². The maximum absolute atomic E-state index is 11.1. The Kier molecular flexibility index (Phi) is 4.31. The van der Waals surface area contributed by atoms with Gasteiger partial charge in [0.05, 0.1) is 11.3 Å². The lowest BCUT2D eigenvalue weighted by molar-refractivity contribution is 0.112. The van der Waals surface area contributed by atoms with Crippen LogP contribution in [0.5, 0.6) is 0 Å². The smallest absolute Gasteiger partial charge is 0.254 e. The number of nitrogens with zero attached hydrogens (tertiary/aromatic N) is 4. The Morgan fingerprint density at radius 3 is 2.41 bits per heavy atom. The fourth-order valence-corrected chi connectivity index (χ4v) is 3.69. The Morgan fingerprint density at radius 1 is 1.00 bits per heavy atom. The monoisotopic (exact) mass is 383 g/mol. The van der Waals surface area contributed by atoms with Crippen LogP contribution in [0.25, 0.3) is 28.2 Å². The van der Waals surface area contributed by atoms with Gasteiger partial charge in [0.2, 0.25) is 0 Å². The van der Waals surface area contributed by atoms with Crippen molar-refractivity contribution in [2.24, 2.45) is 0 Å². The highest BCUT2D eigenvalue weighted by Gasteiger charge is 2.25. The van der Waals surface area contributed by atoms with E-state index in [4.69, 9.17) is 4.98 Å². The van der Waals surface area contributed by atoms with Gasteiger partial charge in [0.25, 0.3) is 5.78 Å². The van der Waals surface area contributed by atoms with Crippen LogP contribution in [-0.2, 0) is 0 Å². The van der Waals surface area contributed by atoms with Crippen LogP contribution in [0.3, 0.4) is 0 Å². The Balaban J connectivity index is 1.80. The van der Waals surface area contributed by atoms with Gasteiger partial charge in [-0.2, -0.15) is 9.50 Å². The number of carbonyl (C=O) groups excluding carboxylic acids is 1. The largest absolute Gasteiger partial charge is 0.367 e. The number of hydrogen-bond donors (Lipinski definition) is 1. The molecule has 5 rings (SSSR count). The molecular weight excluding hydrogens is 362 g/mol. The van der Waals surface area contributed by atoms with Gasteiger partial charge in [0.1, 0.15) is 17.9 Å². The molecule has 1 N–H and O–H groups in total. The number of carbonyl (C=O) groups is 1. The van der Waals surface area contributed by atoms with E-state index < -0.39 is 0 Å². The standard InChI is InChI=1S/C23H21N5O/c1-15-24-23-26-21(18-12-10-16(14-29)11-13-18)20(17-6-3-2-4-7-17)22(28(23)27-15)25-19-8-5-9-19/h2-4,6-7,10-14,19,25H,5,8-9H2,1H3. The fourth-order valence-electron chi connectivity index (χ4n) is 3.69. The molecule has 2 aromatic carbocycles. The van der Waals surface area contributed by atoms with Gasteiger partial charge in [-0.15, -0.1) is 5.10 Å². The number of hydrogen-bond acceptors (Lipinski definition) is 5. The van der Waals surface area contributed by atoms with E-state index in [1.807, 2.05) is 53.9 Å². The highest BCUT2D eigenvalue weighted by atomic mass is 16.1. The molecule has 2 aromatic heterocycles. The number of aryl methyl sites for hydroxylation is 1. The van der Waals surface area contributed by atoms with Crippen molar-refractivity contribution in [3.05, 3.63) is 66.0 Å². The van der Waals surface area contributed by atoms with Crippen molar-refractivity contribution in [1.29, 1.82) is 0 Å². The molecule has 6 nitrogen and oxygen atoms in total. The van der Waals surface area contributed by atoms with Crippen LogP contribution in [0.2, 0.25) is 0 Å². The molecule has 1 aliphatic carbocycles. The van der Waals surface area contributed by atoms with Crippen LogP contribution in [0.15, 0.2) is 54.6 Å². The van der Waals surface area contributed by atoms with Gasteiger partial charge in [-0.3, -0.25) is 4.79 Å². The predicted molar refractivity (Wildman–Crippen MR) is 113 cm³/mol. The van der Waals surface area contributed by atoms with E-state index in [9.17, 15) is 4.79 Å². The molecule has 0 radical (unpaired) electrons. The molecule has 144 valence electrons. The van der Waals surface area contributed by atoms with E-state index in [-0.39, 0.29) is 0 Å². The highest BCUT2D eigenvalue weighted by Crippen LogP contribution is 2.38. The van der Waals surface area contributed by atoms with E-state index in [0.717, 1.165) is 47.3 Å². The number of benzene rings is 2. The first kappa shape index (κ1) is 17.6. The molecule has 0 saturated heterocycles. The molecule has 1 saturated carbocycles. The molecule has 1 aliphatic rings. The highest BCUT2D eigenvalue weighted by molar-refractivity contribution is 5.90. The summed E-state index contributed by atoms with van der Waals surface area (Å²) in [5.74, 6) is 2.17. The Bertz CT molecular complexity index is 1180. The lowest BCUT2D eigenvalue weighted by atomic mass is 9.92. The third-order valence-electron chi connectivity index (χ3n) is 5.42. The summed E-state index contributed by atoms with van der Waals surface area (Å²) in [5.41, 5.74) is 4.46. The zero-order valence-corrected chi connectivity index (χ0v) is 16.2. The van der Waals surface area contributed by atoms with Crippen molar-refractivity contribution in [2.75, 3.05) is 5.32 Å². The quantitative estimate of drug-likeness (QED) is 0.512. The minimum atomic E-state index is 0.429. The predicted octanol–water partition coefficient (Wildman–Crippen LogP) is 4.54. The van der Waals surface area contributed by atoms with Crippen LogP contribution >= 0.6 is 0 Å². The summed E-state index contributed by atoms with van der Waals surface area (Å²) in [6.07, 6.45) is 4.39. The zero-order valence-electron chi connectivity index (χ0n) is 16.2. The van der Waals surface area contributed by atoms with Gasteiger partial charge in [0.15, 0.2) is 0 Å². The van der Waals surface area contributed by atoms with E-state index in [1.54, 1.807) is 0 Å². The molecule has 0 amide bonds. The first-order chi connectivity index (χ1) is 14.2. The Labute approximate surface area is 168 Å². The zero-order chi connectivity index (χ0) is 19.8. The second-order valence-corrected chi connectivity index (χ2v) is 7.43. The number of nitrogens with one attached hydrogen (secondary N) is 1. The van der Waals surface area contributed by atoms with Crippen LogP contribution in [0.1, 0.15) is 35.4 Å². The molecule has 29 heavy (non-hydrogen) atoms. The number of aromatic nitrogens is 4. The van der Waals surface area contributed by atoms with Gasteiger partial charge < -0.3 is 5.32 Å². The third-order valence-corrected chi connectivity index (χ3v) is 5.42. The molecule has 6 heteroatoms. The van der Waals surface area contributed by atoms with Crippen LogP contribution in [-0.4, -0.2) is 31.9 Å². The van der Waals surface area contributed by atoms with Gasteiger partial charge in [-0.1, -0.05) is 54.6 Å². The molecule has 2 heterocycles. The first-order valence-electron chi connectivity index (χ1n) is 9.88. The summed E-state index contributed by atoms with van der Waals surface area (Å²) >= 11 is 0. The van der Waals surface area contributed by atoms with Crippen LogP contribution < -0.4 is 5.32 Å². The third kappa shape index (κ3) is 3.16.